The Morgan fingerprint density at radius 1 is 1.17 bits per heavy atom. The van der Waals surface area contributed by atoms with Gasteiger partial charge >= 0.3 is 5.97 Å². The predicted molar refractivity (Wildman–Crippen MR) is 142 cm³/mol. The molecule has 8 heteroatoms. The van der Waals surface area contributed by atoms with Crippen LogP contribution in [0.25, 0.3) is 0 Å². The third-order valence-corrected chi connectivity index (χ3v) is 7.58. The van der Waals surface area contributed by atoms with Gasteiger partial charge in [0.2, 0.25) is 5.79 Å². The minimum atomic E-state index is -2.23. The minimum absolute atomic E-state index is 0.130. The van der Waals surface area contributed by atoms with Gasteiger partial charge in [0.25, 0.3) is 11.7 Å². The summed E-state index contributed by atoms with van der Waals surface area (Å²) in [6.45, 7) is 9.87. The van der Waals surface area contributed by atoms with E-state index in [1.165, 1.54) is 10.5 Å². The van der Waals surface area contributed by atoms with Crippen LogP contribution in [0.1, 0.15) is 78.7 Å². The Hall–Kier alpha value is -1.90. The number of esters is 1. The second-order valence-electron chi connectivity index (χ2n) is 9.59. The Morgan fingerprint density at radius 3 is 2.47 bits per heavy atom. The number of amides is 1. The second-order valence-corrected chi connectivity index (χ2v) is 10.2. The number of aliphatic hydroxyl groups is 1. The van der Waals surface area contributed by atoms with E-state index >= 15 is 0 Å². The molecule has 6 unspecified atom stereocenters. The van der Waals surface area contributed by atoms with E-state index in [2.05, 4.69) is 31.7 Å². The van der Waals surface area contributed by atoms with E-state index in [4.69, 9.17) is 9.47 Å². The molecule has 0 radical (unpaired) electrons. The maximum Gasteiger partial charge on any atom is 0.329 e. The first-order valence-electron chi connectivity index (χ1n) is 13.3. The Morgan fingerprint density at radius 2 is 1.83 bits per heavy atom. The summed E-state index contributed by atoms with van der Waals surface area (Å²) in [5.74, 6) is -5.10. The normalized spacial score (nSPS) is 27.8. The van der Waals surface area contributed by atoms with Gasteiger partial charge in [0, 0.05) is 12.5 Å². The largest absolute Gasteiger partial charge is 0.461 e. The van der Waals surface area contributed by atoms with Crippen LogP contribution in [0.4, 0.5) is 0 Å². The SMILES string of the molecule is CC.CCC(Cc1ccccc1)C(C)OC(=O)C1CCCCN1C(=O)C(=O)C1(O)OC(S)CCC1C. The number of piperidine rings is 1. The van der Waals surface area contributed by atoms with Gasteiger partial charge in [0.15, 0.2) is 0 Å². The van der Waals surface area contributed by atoms with Crippen molar-refractivity contribution >= 4 is 30.3 Å². The smallest absolute Gasteiger partial charge is 0.329 e. The quantitative estimate of drug-likeness (QED) is 0.296. The molecular formula is C28H43NO6S. The number of rotatable bonds is 8. The monoisotopic (exact) mass is 521 g/mol. The van der Waals surface area contributed by atoms with Gasteiger partial charge in [-0.05, 0) is 63.4 Å². The van der Waals surface area contributed by atoms with Gasteiger partial charge in [0.05, 0.1) is 0 Å². The van der Waals surface area contributed by atoms with Crippen LogP contribution in [-0.4, -0.2) is 57.6 Å². The third kappa shape index (κ3) is 7.33. The summed E-state index contributed by atoms with van der Waals surface area (Å²) in [5.41, 5.74) is 0.547. The summed E-state index contributed by atoms with van der Waals surface area (Å²) in [4.78, 5) is 40.7. The van der Waals surface area contributed by atoms with Crippen molar-refractivity contribution < 1.29 is 29.0 Å². The summed E-state index contributed by atoms with van der Waals surface area (Å²) in [7, 11) is 0. The fraction of sp³-hybridized carbons (Fsp3) is 0.679. The molecule has 2 saturated heterocycles. The molecule has 0 bridgehead atoms. The number of Topliss-reactive ketones (excluding diaryl/α,β-unsaturated/α-hetero) is 1. The highest BCUT2D eigenvalue weighted by Gasteiger charge is 2.52. The molecule has 2 heterocycles. The lowest BCUT2D eigenvalue weighted by atomic mass is 9.88. The van der Waals surface area contributed by atoms with Crippen LogP contribution < -0.4 is 0 Å². The van der Waals surface area contributed by atoms with Gasteiger partial charge in [-0.15, -0.1) is 12.6 Å². The molecular weight excluding hydrogens is 478 g/mol. The number of carbonyl (C=O) groups excluding carboxylic acids is 3. The fourth-order valence-corrected chi connectivity index (χ4v) is 5.18. The summed E-state index contributed by atoms with van der Waals surface area (Å²) >= 11 is 4.22. The summed E-state index contributed by atoms with van der Waals surface area (Å²) in [5, 5.41) is 10.9. The van der Waals surface area contributed by atoms with E-state index in [0.717, 1.165) is 19.3 Å². The van der Waals surface area contributed by atoms with Gasteiger partial charge in [-0.1, -0.05) is 58.0 Å². The molecule has 7 nitrogen and oxygen atoms in total. The molecule has 1 aromatic rings. The van der Waals surface area contributed by atoms with Crippen molar-refractivity contribution in [1.29, 1.82) is 0 Å². The molecule has 1 amide bonds. The lowest BCUT2D eigenvalue weighted by Crippen LogP contribution is -2.60. The number of ether oxygens (including phenoxy) is 2. The zero-order chi connectivity index (χ0) is 26.9. The Balaban J connectivity index is 0.00000222. The zero-order valence-electron chi connectivity index (χ0n) is 22.3. The average molecular weight is 522 g/mol. The first kappa shape index (κ1) is 30.3. The zero-order valence-corrected chi connectivity index (χ0v) is 23.2. The Kier molecular flexibility index (Phi) is 11.9. The van der Waals surface area contributed by atoms with Gasteiger partial charge in [-0.25, -0.2) is 4.79 Å². The number of ketones is 1. The van der Waals surface area contributed by atoms with Gasteiger partial charge in [-0.3, -0.25) is 9.59 Å². The van der Waals surface area contributed by atoms with Crippen LogP contribution in [0.5, 0.6) is 0 Å². The van der Waals surface area contributed by atoms with E-state index in [-0.39, 0.29) is 18.6 Å². The highest BCUT2D eigenvalue weighted by molar-refractivity contribution is 7.80. The Bertz CT molecular complexity index is 865. The standard InChI is InChI=1S/C26H37NO6S.C2H6/c1-4-20(16-19-10-6-5-7-11-19)18(3)32-25(30)21-12-8-9-15-27(21)24(29)23(28)26(31)17(2)13-14-22(34)33-26;1-2/h5-7,10-11,17-18,20-22,31,34H,4,8-9,12-16H2,1-3H3;1-2H3. The van der Waals surface area contributed by atoms with E-state index in [0.29, 0.717) is 25.7 Å². The molecule has 202 valence electrons. The summed E-state index contributed by atoms with van der Waals surface area (Å²) in [6, 6.07) is 9.20. The highest BCUT2D eigenvalue weighted by Crippen LogP contribution is 2.35. The van der Waals surface area contributed by atoms with Crippen molar-refractivity contribution in [2.45, 2.75) is 103 Å². The van der Waals surface area contributed by atoms with Crippen LogP contribution in [0.2, 0.25) is 0 Å². The number of benzene rings is 1. The van der Waals surface area contributed by atoms with E-state index in [1.807, 2.05) is 39.0 Å². The molecule has 6 atom stereocenters. The van der Waals surface area contributed by atoms with Crippen molar-refractivity contribution in [2.75, 3.05) is 6.54 Å². The lowest BCUT2D eigenvalue weighted by molar-refractivity contribution is -0.247. The fourth-order valence-electron chi connectivity index (χ4n) is 4.87. The first-order chi connectivity index (χ1) is 17.2. The van der Waals surface area contributed by atoms with Gasteiger partial charge in [-0.2, -0.15) is 0 Å². The van der Waals surface area contributed by atoms with Crippen molar-refractivity contribution in [1.82, 2.24) is 4.90 Å². The van der Waals surface area contributed by atoms with E-state index in [1.54, 1.807) is 6.92 Å². The number of likely N-dealkylation sites (tertiary alicyclic amines) is 1. The molecule has 3 rings (SSSR count). The van der Waals surface area contributed by atoms with Crippen LogP contribution in [0.3, 0.4) is 0 Å². The maximum absolute atomic E-state index is 13.2. The topological polar surface area (TPSA) is 93.1 Å². The average Bonchev–Trinajstić information content (AvgIpc) is 2.90. The molecule has 2 aliphatic rings. The molecule has 2 aliphatic heterocycles. The molecule has 0 spiro atoms. The number of carbonyl (C=O) groups is 3. The second kappa shape index (κ2) is 14.1. The summed E-state index contributed by atoms with van der Waals surface area (Å²) in [6.07, 6.45) is 4.20. The molecule has 0 aromatic heterocycles. The predicted octanol–water partition coefficient (Wildman–Crippen LogP) is 4.55. The van der Waals surface area contributed by atoms with Crippen molar-refractivity contribution in [2.24, 2.45) is 11.8 Å². The van der Waals surface area contributed by atoms with Crippen LogP contribution in [0, 0.1) is 11.8 Å². The van der Waals surface area contributed by atoms with Gasteiger partial charge < -0.3 is 19.5 Å². The third-order valence-electron chi connectivity index (χ3n) is 7.22. The molecule has 2 fully saturated rings. The Labute approximate surface area is 221 Å². The molecule has 0 saturated carbocycles. The van der Waals surface area contributed by atoms with Crippen molar-refractivity contribution in [3.8, 4) is 0 Å². The van der Waals surface area contributed by atoms with Crippen LogP contribution in [-0.2, 0) is 30.3 Å². The number of hydrogen-bond donors (Lipinski definition) is 2. The number of nitrogens with zero attached hydrogens (tertiary/aromatic N) is 1. The maximum atomic E-state index is 13.2. The highest BCUT2D eigenvalue weighted by atomic mass is 32.1. The molecule has 36 heavy (non-hydrogen) atoms. The lowest BCUT2D eigenvalue weighted by Gasteiger charge is -2.41. The van der Waals surface area contributed by atoms with Crippen molar-refractivity contribution in [3.63, 3.8) is 0 Å². The van der Waals surface area contributed by atoms with E-state index < -0.39 is 40.8 Å². The molecule has 1 aromatic carbocycles. The summed E-state index contributed by atoms with van der Waals surface area (Å²) < 4.78 is 11.3. The minimum Gasteiger partial charge on any atom is -0.461 e. The number of hydrogen-bond acceptors (Lipinski definition) is 7. The van der Waals surface area contributed by atoms with Gasteiger partial charge in [0.1, 0.15) is 17.6 Å². The number of thiol groups is 1. The van der Waals surface area contributed by atoms with E-state index in [9.17, 15) is 19.5 Å². The first-order valence-corrected chi connectivity index (χ1v) is 13.9. The van der Waals surface area contributed by atoms with Crippen LogP contribution in [0.15, 0.2) is 30.3 Å². The molecule has 0 aliphatic carbocycles. The molecule has 1 N–H and O–H groups in total. The van der Waals surface area contributed by atoms with Crippen LogP contribution >= 0.6 is 12.6 Å². The van der Waals surface area contributed by atoms with Crippen molar-refractivity contribution in [3.05, 3.63) is 35.9 Å².